The van der Waals surface area contributed by atoms with Crippen LogP contribution in [-0.2, 0) is 0 Å². The first-order chi connectivity index (χ1) is 12.7. The van der Waals surface area contributed by atoms with Gasteiger partial charge in [-0.1, -0.05) is 24.3 Å². The molecule has 4 rings (SSSR count). The maximum atomic E-state index is 13.9. The Morgan fingerprint density at radius 2 is 1.78 bits per heavy atom. The van der Waals surface area contributed by atoms with Gasteiger partial charge in [-0.15, -0.1) is 0 Å². The van der Waals surface area contributed by atoms with Gasteiger partial charge >= 0.3 is 6.18 Å². The number of imidazole rings is 1. The standard InChI is InChI=1S/C17H10F4N4O2/c18-10-6-2-1-5-9(10)13(26)23-16(17(19,20)21)14(27)25-12-8-4-3-7-11(12)22-15(25)24-16/h1-8H,(H,22,24)(H,23,26). The third-order valence-electron chi connectivity index (χ3n) is 4.23. The molecule has 1 aromatic heterocycles. The van der Waals surface area contributed by atoms with E-state index in [-0.39, 0.29) is 11.5 Å². The summed E-state index contributed by atoms with van der Waals surface area (Å²) in [6, 6.07) is 10.6. The lowest BCUT2D eigenvalue weighted by Gasteiger charge is -2.30. The van der Waals surface area contributed by atoms with Crippen LogP contribution in [0.3, 0.4) is 0 Å². The van der Waals surface area contributed by atoms with E-state index >= 15 is 0 Å². The lowest BCUT2D eigenvalue weighted by Crippen LogP contribution is -2.67. The summed E-state index contributed by atoms with van der Waals surface area (Å²) in [5.74, 6) is -4.25. The zero-order valence-corrected chi connectivity index (χ0v) is 13.3. The number of anilines is 1. The van der Waals surface area contributed by atoms with Crippen LogP contribution in [0, 0.1) is 5.82 Å². The minimum Gasteiger partial charge on any atom is -0.317 e. The van der Waals surface area contributed by atoms with Crippen molar-refractivity contribution < 1.29 is 27.2 Å². The first kappa shape index (κ1) is 17.0. The van der Waals surface area contributed by atoms with Crippen LogP contribution in [0.2, 0.25) is 0 Å². The fourth-order valence-corrected chi connectivity index (χ4v) is 2.93. The normalized spacial score (nSPS) is 19.0. The molecule has 0 spiro atoms. The van der Waals surface area contributed by atoms with E-state index in [0.29, 0.717) is 5.52 Å². The van der Waals surface area contributed by atoms with Gasteiger partial charge in [0.15, 0.2) is 0 Å². The minimum atomic E-state index is -5.22. The van der Waals surface area contributed by atoms with E-state index < -0.39 is 35.0 Å². The second-order valence-electron chi connectivity index (χ2n) is 5.87. The molecule has 138 valence electrons. The van der Waals surface area contributed by atoms with Crippen LogP contribution in [0.1, 0.15) is 15.2 Å². The van der Waals surface area contributed by atoms with Gasteiger partial charge < -0.3 is 10.6 Å². The summed E-state index contributed by atoms with van der Waals surface area (Å²) in [4.78, 5) is 29.0. The molecule has 1 aliphatic heterocycles. The molecule has 1 atom stereocenters. The van der Waals surface area contributed by atoms with Crippen LogP contribution in [0.15, 0.2) is 48.5 Å². The van der Waals surface area contributed by atoms with E-state index in [1.165, 1.54) is 30.3 Å². The van der Waals surface area contributed by atoms with Crippen molar-refractivity contribution in [1.82, 2.24) is 14.9 Å². The average molecular weight is 378 g/mol. The van der Waals surface area contributed by atoms with Crippen molar-refractivity contribution in [2.24, 2.45) is 0 Å². The molecule has 6 nitrogen and oxygen atoms in total. The van der Waals surface area contributed by atoms with Crippen LogP contribution < -0.4 is 10.6 Å². The number of benzene rings is 2. The second-order valence-corrected chi connectivity index (χ2v) is 5.87. The van der Waals surface area contributed by atoms with E-state index in [2.05, 4.69) is 4.98 Å². The Kier molecular flexibility index (Phi) is 3.48. The van der Waals surface area contributed by atoms with Gasteiger partial charge in [-0.25, -0.2) is 13.9 Å². The summed E-state index contributed by atoms with van der Waals surface area (Å²) < 4.78 is 56.1. The number of hydrogen-bond acceptors (Lipinski definition) is 4. The molecule has 0 saturated carbocycles. The Bertz CT molecular complexity index is 1090. The van der Waals surface area contributed by atoms with Gasteiger partial charge in [-0.2, -0.15) is 13.2 Å². The van der Waals surface area contributed by atoms with Crippen molar-refractivity contribution in [2.75, 3.05) is 5.32 Å². The number of rotatable bonds is 2. The van der Waals surface area contributed by atoms with E-state index in [4.69, 9.17) is 0 Å². The minimum absolute atomic E-state index is 0.149. The molecule has 0 aliphatic carbocycles. The highest BCUT2D eigenvalue weighted by atomic mass is 19.4. The second kappa shape index (κ2) is 5.53. The lowest BCUT2D eigenvalue weighted by molar-refractivity contribution is -0.169. The first-order valence-corrected chi connectivity index (χ1v) is 7.69. The van der Waals surface area contributed by atoms with Gasteiger partial charge in [-0.3, -0.25) is 9.59 Å². The zero-order valence-electron chi connectivity index (χ0n) is 13.3. The van der Waals surface area contributed by atoms with Gasteiger partial charge in [0, 0.05) is 0 Å². The highest BCUT2D eigenvalue weighted by Gasteiger charge is 2.66. The maximum absolute atomic E-state index is 13.9. The monoisotopic (exact) mass is 378 g/mol. The smallest absolute Gasteiger partial charge is 0.317 e. The molecule has 0 bridgehead atoms. The van der Waals surface area contributed by atoms with Crippen molar-refractivity contribution in [2.45, 2.75) is 11.8 Å². The largest absolute Gasteiger partial charge is 0.440 e. The summed E-state index contributed by atoms with van der Waals surface area (Å²) in [5.41, 5.74) is -3.62. The molecule has 1 amide bonds. The van der Waals surface area contributed by atoms with E-state index in [0.717, 1.165) is 16.7 Å². The van der Waals surface area contributed by atoms with Gasteiger partial charge in [0.1, 0.15) is 5.82 Å². The van der Waals surface area contributed by atoms with Gasteiger partial charge in [0.2, 0.25) is 5.95 Å². The molecule has 1 aliphatic rings. The van der Waals surface area contributed by atoms with Crippen molar-refractivity contribution in [3.63, 3.8) is 0 Å². The predicted molar refractivity (Wildman–Crippen MR) is 86.6 cm³/mol. The quantitative estimate of drug-likeness (QED) is 0.673. The fourth-order valence-electron chi connectivity index (χ4n) is 2.93. The summed E-state index contributed by atoms with van der Waals surface area (Å²) >= 11 is 0. The molecular formula is C17H10F4N4O2. The van der Waals surface area contributed by atoms with Gasteiger partial charge in [0.25, 0.3) is 17.5 Å². The number of hydrogen-bond donors (Lipinski definition) is 2. The number of carbonyl (C=O) groups is 2. The molecular weight excluding hydrogens is 368 g/mol. The Hall–Kier alpha value is -3.43. The molecule has 0 fully saturated rings. The molecule has 2 heterocycles. The first-order valence-electron chi connectivity index (χ1n) is 7.69. The van der Waals surface area contributed by atoms with E-state index in [9.17, 15) is 27.2 Å². The van der Waals surface area contributed by atoms with Crippen molar-refractivity contribution in [1.29, 1.82) is 0 Å². The number of amides is 1. The molecule has 0 radical (unpaired) electrons. The maximum Gasteiger partial charge on any atom is 0.440 e. The Balaban J connectivity index is 1.80. The highest BCUT2D eigenvalue weighted by Crippen LogP contribution is 2.39. The Morgan fingerprint density at radius 3 is 2.48 bits per heavy atom. The SMILES string of the molecule is O=C(NC1(C(F)(F)F)Nc2nc3ccccc3n2C1=O)c1ccccc1F. The topological polar surface area (TPSA) is 76.0 Å². The number of para-hydroxylation sites is 2. The summed E-state index contributed by atoms with van der Waals surface area (Å²) in [6.07, 6.45) is -5.22. The third-order valence-corrected chi connectivity index (χ3v) is 4.23. The average Bonchev–Trinajstić information content (AvgIpc) is 3.10. The predicted octanol–water partition coefficient (Wildman–Crippen LogP) is 2.93. The van der Waals surface area contributed by atoms with Gasteiger partial charge in [-0.05, 0) is 24.3 Å². The number of carbonyl (C=O) groups excluding carboxylic acids is 2. The van der Waals surface area contributed by atoms with Crippen molar-refractivity contribution in [3.8, 4) is 0 Å². The lowest BCUT2D eigenvalue weighted by atomic mass is 10.1. The number of nitrogens with one attached hydrogen (secondary N) is 2. The van der Waals surface area contributed by atoms with Crippen LogP contribution in [0.5, 0.6) is 0 Å². The van der Waals surface area contributed by atoms with Crippen molar-refractivity contribution in [3.05, 3.63) is 59.9 Å². The number of fused-ring (bicyclic) bond motifs is 3. The third kappa shape index (κ3) is 2.36. The van der Waals surface area contributed by atoms with E-state index in [1.54, 1.807) is 11.4 Å². The Morgan fingerprint density at radius 1 is 1.11 bits per heavy atom. The number of aromatic nitrogens is 2. The molecule has 1 unspecified atom stereocenters. The zero-order chi connectivity index (χ0) is 19.4. The number of alkyl halides is 3. The molecule has 3 aromatic rings. The van der Waals surface area contributed by atoms with Crippen LogP contribution in [0.25, 0.3) is 11.0 Å². The van der Waals surface area contributed by atoms with E-state index in [1.807, 2.05) is 5.32 Å². The number of halogens is 4. The van der Waals surface area contributed by atoms with Crippen LogP contribution in [0.4, 0.5) is 23.5 Å². The van der Waals surface area contributed by atoms with Crippen LogP contribution in [-0.4, -0.2) is 33.2 Å². The number of nitrogens with zero attached hydrogens (tertiary/aromatic N) is 2. The summed E-state index contributed by atoms with van der Waals surface area (Å²) in [5, 5.41) is 3.58. The Labute approximate surface area is 148 Å². The van der Waals surface area contributed by atoms with Crippen LogP contribution >= 0.6 is 0 Å². The highest BCUT2D eigenvalue weighted by molar-refractivity contribution is 6.08. The molecule has 0 saturated heterocycles. The molecule has 10 heteroatoms. The van der Waals surface area contributed by atoms with Gasteiger partial charge in [0.05, 0.1) is 16.6 Å². The summed E-state index contributed by atoms with van der Waals surface area (Å²) in [6.45, 7) is 0. The molecule has 27 heavy (non-hydrogen) atoms. The van der Waals surface area contributed by atoms with Crippen molar-refractivity contribution >= 4 is 28.8 Å². The summed E-state index contributed by atoms with van der Waals surface area (Å²) in [7, 11) is 0. The molecule has 2 N–H and O–H groups in total. The molecule has 2 aromatic carbocycles. The fraction of sp³-hybridized carbons (Fsp3) is 0.118.